The molecule has 6 heteroatoms. The third kappa shape index (κ3) is 5.19. The summed E-state index contributed by atoms with van der Waals surface area (Å²) in [5.41, 5.74) is 2.04. The maximum atomic E-state index is 12.2. The van der Waals surface area contributed by atoms with Crippen LogP contribution in [-0.2, 0) is 11.3 Å². The number of halogens is 1. The molecule has 2 unspecified atom stereocenters. The number of rotatable bonds is 5. The van der Waals surface area contributed by atoms with Crippen molar-refractivity contribution in [2.24, 2.45) is 0 Å². The van der Waals surface area contributed by atoms with Crippen LogP contribution in [0, 0.1) is 6.92 Å². The van der Waals surface area contributed by atoms with Crippen LogP contribution in [0.1, 0.15) is 17.5 Å². The number of ether oxygens (including phenoxy) is 1. The summed E-state index contributed by atoms with van der Waals surface area (Å²) in [4.78, 5) is 12.2. The maximum Gasteiger partial charge on any atom is 0.237 e. The molecule has 0 aromatic heterocycles. The average Bonchev–Trinajstić information content (AvgIpc) is 3.00. The number of para-hydroxylation sites is 1. The number of hydrogen-bond acceptors (Lipinski definition) is 4. The molecule has 1 amide bonds. The molecule has 134 valence electrons. The Kier molecular flexibility index (Phi) is 6.82. The van der Waals surface area contributed by atoms with Crippen LogP contribution in [0.3, 0.4) is 0 Å². The van der Waals surface area contributed by atoms with E-state index in [0.29, 0.717) is 19.5 Å². The third-order valence-corrected chi connectivity index (χ3v) is 4.07. The van der Waals surface area contributed by atoms with E-state index in [2.05, 4.69) is 10.6 Å². The fraction of sp³-hybridized carbons (Fsp3) is 0.316. The molecule has 0 radical (unpaired) electrons. The number of aliphatic hydroxyl groups is 1. The number of carbonyl (C=O) groups excluding carboxylic acids is 1. The Labute approximate surface area is 153 Å². The second-order valence-corrected chi connectivity index (χ2v) is 6.09. The van der Waals surface area contributed by atoms with Crippen LogP contribution < -0.4 is 15.4 Å². The summed E-state index contributed by atoms with van der Waals surface area (Å²) in [6.45, 7) is 2.86. The van der Waals surface area contributed by atoms with Gasteiger partial charge in [0.05, 0.1) is 12.1 Å². The highest BCUT2D eigenvalue weighted by atomic mass is 35.5. The van der Waals surface area contributed by atoms with Crippen LogP contribution in [-0.4, -0.2) is 29.7 Å². The lowest BCUT2D eigenvalue weighted by atomic mass is 10.1. The first-order valence-electron chi connectivity index (χ1n) is 8.13. The van der Waals surface area contributed by atoms with E-state index in [1.807, 2.05) is 55.5 Å². The van der Waals surface area contributed by atoms with Gasteiger partial charge < -0.3 is 20.5 Å². The minimum absolute atomic E-state index is 0. The second kappa shape index (κ2) is 8.85. The number of nitrogens with one attached hydrogen (secondary N) is 2. The number of hydrogen-bond donors (Lipinski definition) is 3. The molecular weight excluding hydrogens is 340 g/mol. The molecule has 3 rings (SSSR count). The zero-order chi connectivity index (χ0) is 16.9. The molecule has 2 aromatic rings. The van der Waals surface area contributed by atoms with Crippen molar-refractivity contribution in [1.29, 1.82) is 0 Å². The van der Waals surface area contributed by atoms with E-state index in [1.165, 1.54) is 0 Å². The second-order valence-electron chi connectivity index (χ2n) is 6.09. The van der Waals surface area contributed by atoms with E-state index in [9.17, 15) is 9.90 Å². The number of β-amino-alcohol motifs (C(OH)–C–C–N with tert-alkyl or cyclic N) is 1. The molecule has 1 heterocycles. The predicted octanol–water partition coefficient (Wildman–Crippen LogP) is 2.55. The van der Waals surface area contributed by atoms with Crippen molar-refractivity contribution in [2.75, 3.05) is 6.54 Å². The van der Waals surface area contributed by atoms with E-state index >= 15 is 0 Å². The monoisotopic (exact) mass is 362 g/mol. The molecule has 1 saturated heterocycles. The van der Waals surface area contributed by atoms with Crippen molar-refractivity contribution in [3.8, 4) is 11.5 Å². The zero-order valence-corrected chi connectivity index (χ0v) is 14.9. The zero-order valence-electron chi connectivity index (χ0n) is 14.1. The quantitative estimate of drug-likeness (QED) is 0.764. The Morgan fingerprint density at radius 1 is 1.28 bits per heavy atom. The van der Waals surface area contributed by atoms with Gasteiger partial charge in [-0.3, -0.25) is 4.79 Å². The van der Waals surface area contributed by atoms with Crippen molar-refractivity contribution in [3.63, 3.8) is 0 Å². The van der Waals surface area contributed by atoms with Crippen LogP contribution in [0.15, 0.2) is 48.5 Å². The minimum atomic E-state index is -0.447. The highest BCUT2D eigenvalue weighted by molar-refractivity contribution is 5.85. The van der Waals surface area contributed by atoms with Gasteiger partial charge in [-0.15, -0.1) is 12.4 Å². The molecule has 0 aliphatic carbocycles. The van der Waals surface area contributed by atoms with Gasteiger partial charge in [0.2, 0.25) is 5.91 Å². The van der Waals surface area contributed by atoms with Crippen LogP contribution in [0.5, 0.6) is 11.5 Å². The highest BCUT2D eigenvalue weighted by Crippen LogP contribution is 2.25. The Morgan fingerprint density at radius 3 is 2.80 bits per heavy atom. The van der Waals surface area contributed by atoms with Crippen LogP contribution in [0.4, 0.5) is 0 Å². The molecule has 1 aliphatic rings. The maximum absolute atomic E-state index is 12.2. The summed E-state index contributed by atoms with van der Waals surface area (Å²) in [6.07, 6.45) is 0.00508. The van der Waals surface area contributed by atoms with E-state index in [4.69, 9.17) is 4.74 Å². The van der Waals surface area contributed by atoms with Crippen molar-refractivity contribution in [3.05, 3.63) is 59.7 Å². The van der Waals surface area contributed by atoms with E-state index in [1.54, 1.807) is 0 Å². The van der Waals surface area contributed by atoms with Gasteiger partial charge in [0, 0.05) is 18.7 Å². The summed E-state index contributed by atoms with van der Waals surface area (Å²) < 4.78 is 5.96. The van der Waals surface area contributed by atoms with Gasteiger partial charge in [-0.2, -0.15) is 0 Å². The average molecular weight is 363 g/mol. The summed E-state index contributed by atoms with van der Waals surface area (Å²) in [5.74, 6) is 1.40. The highest BCUT2D eigenvalue weighted by Gasteiger charge is 2.27. The summed E-state index contributed by atoms with van der Waals surface area (Å²) in [7, 11) is 0. The lowest BCUT2D eigenvalue weighted by molar-refractivity contribution is -0.123. The molecule has 25 heavy (non-hydrogen) atoms. The van der Waals surface area contributed by atoms with Crippen LogP contribution >= 0.6 is 12.4 Å². The molecule has 2 atom stereocenters. The molecule has 3 N–H and O–H groups in total. The lowest BCUT2D eigenvalue weighted by Crippen LogP contribution is -2.40. The standard InChI is InChI=1S/C19H22N2O3.ClH/c1-13-5-4-7-16(9-13)24-18-8-3-2-6-14(18)11-21-19(23)17-10-15(22)12-20-17;/h2-9,15,17,20,22H,10-12H2,1H3,(H,21,23);1H. The number of benzene rings is 2. The molecule has 5 nitrogen and oxygen atoms in total. The van der Waals surface area contributed by atoms with Crippen molar-refractivity contribution in [1.82, 2.24) is 10.6 Å². The Balaban J connectivity index is 0.00000225. The Morgan fingerprint density at radius 2 is 2.08 bits per heavy atom. The van der Waals surface area contributed by atoms with E-state index < -0.39 is 6.10 Å². The lowest BCUT2D eigenvalue weighted by Gasteiger charge is -2.14. The molecule has 0 spiro atoms. The van der Waals surface area contributed by atoms with Gasteiger partial charge in [-0.25, -0.2) is 0 Å². The van der Waals surface area contributed by atoms with Crippen LogP contribution in [0.2, 0.25) is 0 Å². The van der Waals surface area contributed by atoms with Crippen molar-refractivity contribution in [2.45, 2.75) is 32.0 Å². The van der Waals surface area contributed by atoms with Gasteiger partial charge in [-0.1, -0.05) is 30.3 Å². The Bertz CT molecular complexity index is 723. The van der Waals surface area contributed by atoms with Gasteiger partial charge in [0.15, 0.2) is 0 Å². The predicted molar refractivity (Wildman–Crippen MR) is 99.2 cm³/mol. The van der Waals surface area contributed by atoms with Crippen molar-refractivity contribution < 1.29 is 14.6 Å². The number of aryl methyl sites for hydroxylation is 1. The van der Waals surface area contributed by atoms with Gasteiger partial charge in [-0.05, 0) is 37.1 Å². The van der Waals surface area contributed by atoms with Crippen LogP contribution in [0.25, 0.3) is 0 Å². The fourth-order valence-electron chi connectivity index (χ4n) is 2.78. The number of carbonyl (C=O) groups is 1. The topological polar surface area (TPSA) is 70.6 Å². The van der Waals surface area contributed by atoms with Gasteiger partial charge >= 0.3 is 0 Å². The first-order chi connectivity index (χ1) is 11.6. The fourth-order valence-corrected chi connectivity index (χ4v) is 2.78. The number of amides is 1. The van der Waals surface area contributed by atoms with Gasteiger partial charge in [0.1, 0.15) is 11.5 Å². The minimum Gasteiger partial charge on any atom is -0.457 e. The summed E-state index contributed by atoms with van der Waals surface area (Å²) in [5, 5.41) is 15.4. The third-order valence-electron chi connectivity index (χ3n) is 4.07. The Hall–Kier alpha value is -2.08. The molecule has 1 aliphatic heterocycles. The normalized spacial score (nSPS) is 19.1. The molecular formula is C19H23ClN2O3. The van der Waals surface area contributed by atoms with E-state index in [-0.39, 0.29) is 24.4 Å². The summed E-state index contributed by atoms with van der Waals surface area (Å²) in [6, 6.07) is 15.2. The molecule has 1 fully saturated rings. The smallest absolute Gasteiger partial charge is 0.237 e. The molecule has 0 bridgehead atoms. The summed E-state index contributed by atoms with van der Waals surface area (Å²) >= 11 is 0. The first-order valence-corrected chi connectivity index (χ1v) is 8.13. The molecule has 0 saturated carbocycles. The van der Waals surface area contributed by atoms with E-state index in [0.717, 1.165) is 22.6 Å². The largest absolute Gasteiger partial charge is 0.457 e. The number of aliphatic hydroxyl groups excluding tert-OH is 1. The van der Waals surface area contributed by atoms with Gasteiger partial charge in [0.25, 0.3) is 0 Å². The molecule has 2 aromatic carbocycles. The van der Waals surface area contributed by atoms with Crippen molar-refractivity contribution >= 4 is 18.3 Å². The first kappa shape index (κ1) is 19.2. The SMILES string of the molecule is Cc1cccc(Oc2ccccc2CNC(=O)C2CC(O)CN2)c1.Cl.